The number of carboxylic acids is 1. The van der Waals surface area contributed by atoms with Gasteiger partial charge in [0.05, 0.1) is 11.9 Å². The van der Waals surface area contributed by atoms with Gasteiger partial charge in [-0.15, -0.1) is 11.3 Å². The van der Waals surface area contributed by atoms with Crippen LogP contribution in [0.25, 0.3) is 10.6 Å². The predicted octanol–water partition coefficient (Wildman–Crippen LogP) is 1.93. The number of likely N-dealkylation sites (tertiary alicyclic amines) is 1. The molecule has 1 aliphatic rings. The van der Waals surface area contributed by atoms with Crippen LogP contribution >= 0.6 is 11.3 Å². The fraction of sp³-hybridized carbons (Fsp3) is 0.467. The highest BCUT2D eigenvalue weighted by atomic mass is 32.1. The first-order valence-electron chi connectivity index (χ1n) is 7.47. The summed E-state index contributed by atoms with van der Waals surface area (Å²) in [6.07, 6.45) is 5.72. The number of carbonyl (C=O) groups is 2. The molecule has 1 atom stereocenters. The quantitative estimate of drug-likeness (QED) is 0.926. The molecule has 122 valence electrons. The third-order valence-electron chi connectivity index (χ3n) is 3.99. The van der Waals surface area contributed by atoms with Crippen LogP contribution in [-0.4, -0.2) is 49.2 Å². The van der Waals surface area contributed by atoms with Gasteiger partial charge in [-0.2, -0.15) is 5.10 Å². The van der Waals surface area contributed by atoms with Crippen LogP contribution < -0.4 is 0 Å². The first kappa shape index (κ1) is 15.7. The average molecular weight is 334 g/mol. The molecule has 23 heavy (non-hydrogen) atoms. The number of thiazole rings is 1. The van der Waals surface area contributed by atoms with Crippen molar-refractivity contribution in [2.24, 2.45) is 7.05 Å². The molecule has 1 unspecified atom stereocenters. The summed E-state index contributed by atoms with van der Waals surface area (Å²) in [7, 11) is 1.82. The van der Waals surface area contributed by atoms with Gasteiger partial charge in [-0.25, -0.2) is 9.78 Å². The Morgan fingerprint density at radius 1 is 1.39 bits per heavy atom. The maximum Gasteiger partial charge on any atom is 0.326 e. The molecule has 0 spiro atoms. The van der Waals surface area contributed by atoms with E-state index in [1.807, 2.05) is 13.2 Å². The Bertz CT molecular complexity index is 752. The molecule has 0 bridgehead atoms. The summed E-state index contributed by atoms with van der Waals surface area (Å²) >= 11 is 1.29. The zero-order valence-corrected chi connectivity index (χ0v) is 13.8. The van der Waals surface area contributed by atoms with Gasteiger partial charge in [-0.1, -0.05) is 0 Å². The zero-order chi connectivity index (χ0) is 16.6. The molecule has 1 N–H and O–H groups in total. The van der Waals surface area contributed by atoms with Crippen molar-refractivity contribution in [3.05, 3.63) is 23.0 Å². The maximum absolute atomic E-state index is 12.8. The lowest BCUT2D eigenvalue weighted by molar-refractivity contribution is -0.143. The third-order valence-corrected chi connectivity index (χ3v) is 5.19. The molecule has 1 aliphatic heterocycles. The number of aromatic nitrogens is 3. The minimum Gasteiger partial charge on any atom is -0.480 e. The highest BCUT2D eigenvalue weighted by Gasteiger charge is 2.34. The second kappa shape index (κ2) is 6.11. The molecule has 2 aromatic rings. The van der Waals surface area contributed by atoms with E-state index in [9.17, 15) is 14.7 Å². The normalized spacial score (nSPS) is 18.2. The van der Waals surface area contributed by atoms with Crippen molar-refractivity contribution in [3.63, 3.8) is 0 Å². The van der Waals surface area contributed by atoms with E-state index in [0.29, 0.717) is 23.5 Å². The summed E-state index contributed by atoms with van der Waals surface area (Å²) in [5.41, 5.74) is 1.49. The standard InChI is InChI=1S/C15H18N4O3S/c1-9-12(23-13(17-9)10-7-16-18(2)8-10)14(20)19-6-4-3-5-11(19)15(21)22/h7-8,11H,3-6H2,1-2H3,(H,21,22). The number of hydrogen-bond donors (Lipinski definition) is 1. The molecule has 1 fully saturated rings. The Labute approximate surface area is 137 Å². The average Bonchev–Trinajstić information content (AvgIpc) is 3.12. The Balaban J connectivity index is 1.90. The Morgan fingerprint density at radius 2 is 2.17 bits per heavy atom. The van der Waals surface area contributed by atoms with Gasteiger partial charge in [0, 0.05) is 25.4 Å². The molecule has 1 amide bonds. The van der Waals surface area contributed by atoms with Crippen LogP contribution in [-0.2, 0) is 11.8 Å². The van der Waals surface area contributed by atoms with Crippen LogP contribution in [0.1, 0.15) is 34.6 Å². The van der Waals surface area contributed by atoms with E-state index in [2.05, 4.69) is 10.1 Å². The fourth-order valence-electron chi connectivity index (χ4n) is 2.81. The van der Waals surface area contributed by atoms with Gasteiger partial charge in [0.15, 0.2) is 0 Å². The molecule has 7 nitrogen and oxygen atoms in total. The van der Waals surface area contributed by atoms with E-state index in [-0.39, 0.29) is 5.91 Å². The van der Waals surface area contributed by atoms with Crippen molar-refractivity contribution < 1.29 is 14.7 Å². The van der Waals surface area contributed by atoms with Crippen LogP contribution in [0.2, 0.25) is 0 Å². The first-order valence-corrected chi connectivity index (χ1v) is 8.29. The summed E-state index contributed by atoms with van der Waals surface area (Å²) in [4.78, 5) is 30.6. The number of aliphatic carboxylic acids is 1. The molecule has 0 aliphatic carbocycles. The third kappa shape index (κ3) is 2.98. The van der Waals surface area contributed by atoms with E-state index in [1.54, 1.807) is 17.8 Å². The number of aryl methyl sites for hydroxylation is 2. The predicted molar refractivity (Wildman–Crippen MR) is 85.4 cm³/mol. The van der Waals surface area contributed by atoms with Crippen LogP contribution in [0, 0.1) is 6.92 Å². The monoisotopic (exact) mass is 334 g/mol. The highest BCUT2D eigenvalue weighted by Crippen LogP contribution is 2.30. The molecule has 0 aromatic carbocycles. The fourth-order valence-corrected chi connectivity index (χ4v) is 3.81. The molecule has 8 heteroatoms. The van der Waals surface area contributed by atoms with Crippen LogP contribution in [0.5, 0.6) is 0 Å². The second-order valence-corrected chi connectivity index (χ2v) is 6.68. The molecule has 1 saturated heterocycles. The number of carbonyl (C=O) groups excluding carboxylic acids is 1. The summed E-state index contributed by atoms with van der Waals surface area (Å²) < 4.78 is 1.68. The molecular weight excluding hydrogens is 316 g/mol. The van der Waals surface area contributed by atoms with Crippen molar-refractivity contribution >= 4 is 23.2 Å². The first-order chi connectivity index (χ1) is 11.0. The summed E-state index contributed by atoms with van der Waals surface area (Å²) in [6, 6.07) is -0.736. The van der Waals surface area contributed by atoms with E-state index < -0.39 is 12.0 Å². The van der Waals surface area contributed by atoms with Gasteiger partial charge < -0.3 is 10.0 Å². The molecule has 3 rings (SSSR count). The molecule has 2 aromatic heterocycles. The summed E-state index contributed by atoms with van der Waals surface area (Å²) in [6.45, 7) is 2.26. The topological polar surface area (TPSA) is 88.3 Å². The van der Waals surface area contributed by atoms with Crippen LogP contribution in [0.3, 0.4) is 0 Å². The minimum absolute atomic E-state index is 0.234. The number of rotatable bonds is 3. The van der Waals surface area contributed by atoms with Gasteiger partial charge in [-0.3, -0.25) is 9.48 Å². The smallest absolute Gasteiger partial charge is 0.326 e. The lowest BCUT2D eigenvalue weighted by Gasteiger charge is -2.32. The number of nitrogens with zero attached hydrogens (tertiary/aromatic N) is 4. The number of amides is 1. The SMILES string of the molecule is Cc1nc(-c2cnn(C)c2)sc1C(=O)N1CCCCC1C(=O)O. The highest BCUT2D eigenvalue weighted by molar-refractivity contribution is 7.17. The van der Waals surface area contributed by atoms with Gasteiger partial charge >= 0.3 is 5.97 Å². The summed E-state index contributed by atoms with van der Waals surface area (Å²) in [5, 5.41) is 14.2. The number of carboxylic acid groups (broad SMARTS) is 1. The van der Waals surface area contributed by atoms with Gasteiger partial charge in [0.1, 0.15) is 15.9 Å². The van der Waals surface area contributed by atoms with Gasteiger partial charge in [-0.05, 0) is 26.2 Å². The zero-order valence-electron chi connectivity index (χ0n) is 13.0. The second-order valence-electron chi connectivity index (χ2n) is 5.68. The van der Waals surface area contributed by atoms with Crippen LogP contribution in [0.4, 0.5) is 0 Å². The number of piperidine rings is 1. The Morgan fingerprint density at radius 3 is 2.83 bits per heavy atom. The van der Waals surface area contributed by atoms with Crippen LogP contribution in [0.15, 0.2) is 12.4 Å². The van der Waals surface area contributed by atoms with Gasteiger partial charge in [0.25, 0.3) is 5.91 Å². The number of hydrogen-bond acceptors (Lipinski definition) is 5. The Hall–Kier alpha value is -2.22. The van der Waals surface area contributed by atoms with Gasteiger partial charge in [0.2, 0.25) is 0 Å². The molecular formula is C15H18N4O3S. The van der Waals surface area contributed by atoms with Crippen molar-refractivity contribution in [2.75, 3.05) is 6.54 Å². The van der Waals surface area contributed by atoms with E-state index in [0.717, 1.165) is 23.4 Å². The van der Waals surface area contributed by atoms with Crippen molar-refractivity contribution in [2.45, 2.75) is 32.2 Å². The van der Waals surface area contributed by atoms with E-state index >= 15 is 0 Å². The van der Waals surface area contributed by atoms with E-state index in [4.69, 9.17) is 0 Å². The van der Waals surface area contributed by atoms with Crippen molar-refractivity contribution in [1.29, 1.82) is 0 Å². The largest absolute Gasteiger partial charge is 0.480 e. The summed E-state index contributed by atoms with van der Waals surface area (Å²) in [5.74, 6) is -1.17. The maximum atomic E-state index is 12.8. The molecule has 3 heterocycles. The minimum atomic E-state index is -0.937. The van der Waals surface area contributed by atoms with Crippen molar-refractivity contribution in [1.82, 2.24) is 19.7 Å². The Kier molecular flexibility index (Phi) is 4.16. The lowest BCUT2D eigenvalue weighted by atomic mass is 10.0. The van der Waals surface area contributed by atoms with Crippen molar-refractivity contribution in [3.8, 4) is 10.6 Å². The lowest BCUT2D eigenvalue weighted by Crippen LogP contribution is -2.47. The molecule has 0 saturated carbocycles. The van der Waals surface area contributed by atoms with E-state index in [1.165, 1.54) is 16.2 Å². The molecule has 0 radical (unpaired) electrons.